The molecule has 4 nitrogen and oxygen atoms in total. The topological polar surface area (TPSA) is 58.9 Å². The normalized spacial score (nSPS) is 10.6. The second kappa shape index (κ2) is 4.87. The van der Waals surface area contributed by atoms with Crippen LogP contribution in [0.2, 0.25) is 5.02 Å². The largest absolute Gasteiger partial charge is 0.420 e. The van der Waals surface area contributed by atoms with Gasteiger partial charge in [-0.05, 0) is 29.8 Å². The molecule has 0 N–H and O–H groups in total. The third kappa shape index (κ3) is 2.20. The Bertz CT molecular complexity index is 887. The molecule has 98 valence electrons. The number of aromatic nitrogens is 1. The number of nitrogens with zero attached hydrogens (tertiary/aromatic N) is 2. The fraction of sp³-hybridized carbons (Fsp3) is 0.0667. The van der Waals surface area contributed by atoms with E-state index in [-0.39, 0.29) is 0 Å². The third-order valence-corrected chi connectivity index (χ3v) is 3.26. The van der Waals surface area contributed by atoms with E-state index in [1.807, 2.05) is 6.07 Å². The maximum Gasteiger partial charge on any atom is 0.420 e. The fourth-order valence-corrected chi connectivity index (χ4v) is 2.27. The van der Waals surface area contributed by atoms with Crippen LogP contribution in [-0.2, 0) is 6.54 Å². The zero-order chi connectivity index (χ0) is 14.1. The van der Waals surface area contributed by atoms with Crippen molar-refractivity contribution in [3.8, 4) is 6.07 Å². The van der Waals surface area contributed by atoms with Gasteiger partial charge >= 0.3 is 5.76 Å². The summed E-state index contributed by atoms with van der Waals surface area (Å²) in [4.78, 5) is 11.9. The maximum absolute atomic E-state index is 11.9. The minimum absolute atomic E-state index is 0.350. The molecule has 0 aliphatic heterocycles. The van der Waals surface area contributed by atoms with Gasteiger partial charge in [0.15, 0.2) is 5.58 Å². The molecule has 0 unspecified atom stereocenters. The lowest BCUT2D eigenvalue weighted by Crippen LogP contribution is -2.14. The van der Waals surface area contributed by atoms with Gasteiger partial charge in [0.2, 0.25) is 0 Å². The summed E-state index contributed by atoms with van der Waals surface area (Å²) in [5.74, 6) is -0.440. The Morgan fingerprint density at radius 2 is 2.10 bits per heavy atom. The molecule has 0 spiro atoms. The summed E-state index contributed by atoms with van der Waals surface area (Å²) in [7, 11) is 0. The van der Waals surface area contributed by atoms with Crippen LogP contribution in [0.1, 0.15) is 11.1 Å². The van der Waals surface area contributed by atoms with Gasteiger partial charge in [0.1, 0.15) is 0 Å². The first-order valence-electron chi connectivity index (χ1n) is 5.95. The Morgan fingerprint density at radius 3 is 2.90 bits per heavy atom. The van der Waals surface area contributed by atoms with E-state index in [9.17, 15) is 4.79 Å². The molecule has 0 aliphatic carbocycles. The van der Waals surface area contributed by atoms with Gasteiger partial charge in [0.25, 0.3) is 0 Å². The Balaban J connectivity index is 2.09. The van der Waals surface area contributed by atoms with Crippen molar-refractivity contribution in [3.63, 3.8) is 0 Å². The monoisotopic (exact) mass is 284 g/mol. The zero-order valence-corrected chi connectivity index (χ0v) is 11.1. The number of oxazole rings is 1. The second-order valence-corrected chi connectivity index (χ2v) is 4.81. The van der Waals surface area contributed by atoms with Crippen LogP contribution in [0.4, 0.5) is 0 Å². The molecule has 2 aromatic carbocycles. The molecule has 20 heavy (non-hydrogen) atoms. The first-order chi connectivity index (χ1) is 9.67. The predicted octanol–water partition coefficient (Wildman–Crippen LogP) is 3.17. The standard InChI is InChI=1S/C15H9ClN2O2/c16-12-4-5-13-14(7-12)20-15(19)18(13)9-11-3-1-2-10(6-11)8-17/h1-7H,9H2. The average molecular weight is 285 g/mol. The number of fused-ring (bicyclic) bond motifs is 1. The van der Waals surface area contributed by atoms with E-state index in [1.54, 1.807) is 36.4 Å². The summed E-state index contributed by atoms with van der Waals surface area (Å²) in [6, 6.07) is 14.3. The van der Waals surface area contributed by atoms with Gasteiger partial charge in [-0.2, -0.15) is 5.26 Å². The summed E-state index contributed by atoms with van der Waals surface area (Å²) in [5.41, 5.74) is 2.57. The van der Waals surface area contributed by atoms with Gasteiger partial charge in [0.05, 0.1) is 23.7 Å². The molecule has 0 radical (unpaired) electrons. The molecule has 5 heteroatoms. The lowest BCUT2D eigenvalue weighted by atomic mass is 10.1. The number of hydrogen-bond acceptors (Lipinski definition) is 3. The van der Waals surface area contributed by atoms with Crippen molar-refractivity contribution in [3.05, 3.63) is 69.2 Å². The van der Waals surface area contributed by atoms with Crippen LogP contribution in [0.3, 0.4) is 0 Å². The van der Waals surface area contributed by atoms with E-state index in [0.717, 1.165) is 5.56 Å². The first kappa shape index (κ1) is 12.5. The number of benzene rings is 2. The molecule has 0 saturated heterocycles. The molecule has 1 heterocycles. The van der Waals surface area contributed by atoms with E-state index in [0.29, 0.717) is 28.2 Å². The summed E-state index contributed by atoms with van der Waals surface area (Å²) in [6.45, 7) is 0.350. The lowest BCUT2D eigenvalue weighted by molar-refractivity contribution is 0.517. The fourth-order valence-electron chi connectivity index (χ4n) is 2.11. The van der Waals surface area contributed by atoms with Crippen molar-refractivity contribution in [2.45, 2.75) is 6.54 Å². The van der Waals surface area contributed by atoms with Crippen molar-refractivity contribution >= 4 is 22.7 Å². The Kier molecular flexibility index (Phi) is 3.05. The zero-order valence-electron chi connectivity index (χ0n) is 10.3. The Morgan fingerprint density at radius 1 is 1.25 bits per heavy atom. The highest BCUT2D eigenvalue weighted by Gasteiger charge is 2.10. The summed E-state index contributed by atoms with van der Waals surface area (Å²) < 4.78 is 6.68. The Labute approximate surface area is 119 Å². The highest BCUT2D eigenvalue weighted by atomic mass is 35.5. The molecule has 0 aliphatic rings. The van der Waals surface area contributed by atoms with Crippen molar-refractivity contribution in [1.82, 2.24) is 4.57 Å². The highest BCUT2D eigenvalue weighted by Crippen LogP contribution is 2.19. The third-order valence-electron chi connectivity index (χ3n) is 3.03. The van der Waals surface area contributed by atoms with Gasteiger partial charge in [-0.3, -0.25) is 4.57 Å². The van der Waals surface area contributed by atoms with Crippen LogP contribution in [0, 0.1) is 11.3 Å². The van der Waals surface area contributed by atoms with E-state index < -0.39 is 5.76 Å². The van der Waals surface area contributed by atoms with Gasteiger partial charge in [-0.1, -0.05) is 23.7 Å². The van der Waals surface area contributed by atoms with Gasteiger partial charge in [-0.15, -0.1) is 0 Å². The summed E-state index contributed by atoms with van der Waals surface area (Å²) in [5, 5.41) is 9.41. The summed E-state index contributed by atoms with van der Waals surface area (Å²) >= 11 is 5.87. The maximum atomic E-state index is 11.9. The van der Waals surface area contributed by atoms with Crippen molar-refractivity contribution in [2.75, 3.05) is 0 Å². The molecular formula is C15H9ClN2O2. The second-order valence-electron chi connectivity index (χ2n) is 4.38. The quantitative estimate of drug-likeness (QED) is 0.726. The van der Waals surface area contributed by atoms with Gasteiger partial charge in [-0.25, -0.2) is 4.79 Å². The summed E-state index contributed by atoms with van der Waals surface area (Å²) in [6.07, 6.45) is 0. The predicted molar refractivity (Wildman–Crippen MR) is 75.7 cm³/mol. The molecule has 0 saturated carbocycles. The Hall–Kier alpha value is -2.51. The molecule has 0 bridgehead atoms. The average Bonchev–Trinajstić information content (AvgIpc) is 2.74. The van der Waals surface area contributed by atoms with E-state index >= 15 is 0 Å². The van der Waals surface area contributed by atoms with Crippen LogP contribution in [0.5, 0.6) is 0 Å². The van der Waals surface area contributed by atoms with Crippen LogP contribution < -0.4 is 5.76 Å². The molecule has 0 atom stereocenters. The van der Waals surface area contributed by atoms with Crippen LogP contribution >= 0.6 is 11.6 Å². The number of rotatable bonds is 2. The smallest absolute Gasteiger partial charge is 0.408 e. The lowest BCUT2D eigenvalue weighted by Gasteiger charge is -2.03. The molecule has 3 rings (SSSR count). The van der Waals surface area contributed by atoms with E-state index in [4.69, 9.17) is 21.3 Å². The molecule has 1 aromatic heterocycles. The SMILES string of the molecule is N#Cc1cccc(Cn2c(=O)oc3cc(Cl)ccc32)c1. The van der Waals surface area contributed by atoms with Gasteiger partial charge in [0, 0.05) is 11.1 Å². The van der Waals surface area contributed by atoms with E-state index in [2.05, 4.69) is 6.07 Å². The minimum atomic E-state index is -0.440. The number of hydrogen-bond donors (Lipinski definition) is 0. The molecule has 0 fully saturated rings. The van der Waals surface area contributed by atoms with E-state index in [1.165, 1.54) is 4.57 Å². The van der Waals surface area contributed by atoms with Crippen molar-refractivity contribution in [1.29, 1.82) is 5.26 Å². The first-order valence-corrected chi connectivity index (χ1v) is 6.33. The van der Waals surface area contributed by atoms with Gasteiger partial charge < -0.3 is 4.42 Å². The number of halogens is 1. The highest BCUT2D eigenvalue weighted by molar-refractivity contribution is 6.31. The van der Waals surface area contributed by atoms with Crippen LogP contribution in [0.15, 0.2) is 51.7 Å². The van der Waals surface area contributed by atoms with Crippen molar-refractivity contribution in [2.24, 2.45) is 0 Å². The molecular weight excluding hydrogens is 276 g/mol. The van der Waals surface area contributed by atoms with Crippen LogP contribution in [0.25, 0.3) is 11.1 Å². The minimum Gasteiger partial charge on any atom is -0.408 e. The number of nitriles is 1. The van der Waals surface area contributed by atoms with Crippen molar-refractivity contribution < 1.29 is 4.42 Å². The van der Waals surface area contributed by atoms with Crippen LogP contribution in [-0.4, -0.2) is 4.57 Å². The molecule has 0 amide bonds. The molecule has 3 aromatic rings.